The molecule has 3 rings (SSSR count). The molecule has 0 aliphatic carbocycles. The van der Waals surface area contributed by atoms with Crippen LogP contribution in [-0.4, -0.2) is 70.0 Å². The van der Waals surface area contributed by atoms with E-state index in [0.717, 1.165) is 18.5 Å². The first-order valence-electron chi connectivity index (χ1n) is 9.33. The molecule has 1 spiro atoms. The molecule has 2 amide bonds. The molecule has 1 N–H and O–H groups in total. The second-order valence-electron chi connectivity index (χ2n) is 7.59. The number of halogens is 3. The molecule has 0 saturated carbocycles. The first kappa shape index (κ1) is 23.4. The van der Waals surface area contributed by atoms with Crippen molar-refractivity contribution in [2.75, 3.05) is 26.2 Å². The molecule has 2 atom stereocenters. The van der Waals surface area contributed by atoms with E-state index in [-0.39, 0.29) is 17.7 Å². The molecule has 164 valence electrons. The van der Waals surface area contributed by atoms with Gasteiger partial charge in [0.2, 0.25) is 5.91 Å². The summed E-state index contributed by atoms with van der Waals surface area (Å²) >= 11 is 0. The summed E-state index contributed by atoms with van der Waals surface area (Å²) < 4.78 is 31.7. The van der Waals surface area contributed by atoms with Crippen LogP contribution in [0.15, 0.2) is 31.1 Å². The van der Waals surface area contributed by atoms with Gasteiger partial charge in [-0.15, -0.1) is 6.58 Å². The van der Waals surface area contributed by atoms with Gasteiger partial charge in [-0.05, 0) is 30.9 Å². The molecule has 30 heavy (non-hydrogen) atoms. The number of aryl methyl sites for hydroxylation is 1. The summed E-state index contributed by atoms with van der Waals surface area (Å²) in [5, 5.41) is 7.12. The summed E-state index contributed by atoms with van der Waals surface area (Å²) in [6.45, 7) is 10.2. The van der Waals surface area contributed by atoms with Crippen LogP contribution < -0.4 is 0 Å². The largest absolute Gasteiger partial charge is 0.490 e. The van der Waals surface area contributed by atoms with Crippen molar-refractivity contribution in [3.63, 3.8) is 0 Å². The van der Waals surface area contributed by atoms with Crippen molar-refractivity contribution in [3.05, 3.63) is 42.2 Å². The van der Waals surface area contributed by atoms with E-state index in [1.807, 2.05) is 22.8 Å². The predicted octanol–water partition coefficient (Wildman–Crippen LogP) is 2.52. The number of carbonyl (C=O) groups excluding carboxylic acids is 2. The van der Waals surface area contributed by atoms with Crippen LogP contribution in [0.4, 0.5) is 13.2 Å². The maximum Gasteiger partial charge on any atom is 0.490 e. The number of aliphatic carboxylic acids is 1. The Hall–Kier alpha value is -2.91. The normalized spacial score (nSPS) is 23.4. The summed E-state index contributed by atoms with van der Waals surface area (Å²) in [5.41, 5.74) is 1.14. The van der Waals surface area contributed by atoms with E-state index < -0.39 is 17.6 Å². The van der Waals surface area contributed by atoms with Gasteiger partial charge in [0.15, 0.2) is 0 Å². The molecule has 0 radical (unpaired) electrons. The Balaban J connectivity index is 0.000000396. The van der Waals surface area contributed by atoms with Gasteiger partial charge in [-0.3, -0.25) is 14.6 Å². The van der Waals surface area contributed by atoms with Crippen LogP contribution in [0.3, 0.4) is 0 Å². The van der Waals surface area contributed by atoms with Gasteiger partial charge in [0.05, 0.1) is 11.0 Å². The maximum atomic E-state index is 12.8. The number of hydrogen-bond acceptors (Lipinski definition) is 4. The zero-order valence-corrected chi connectivity index (χ0v) is 16.8. The van der Waals surface area contributed by atoms with Crippen LogP contribution in [0, 0.1) is 18.3 Å². The highest BCUT2D eigenvalue weighted by atomic mass is 19.4. The highest BCUT2D eigenvalue weighted by Gasteiger charge is 2.55. The molecule has 2 aliphatic heterocycles. The van der Waals surface area contributed by atoms with E-state index in [1.54, 1.807) is 18.5 Å². The second-order valence-corrected chi connectivity index (χ2v) is 7.59. The molecule has 2 fully saturated rings. The van der Waals surface area contributed by atoms with Crippen molar-refractivity contribution in [2.45, 2.75) is 26.4 Å². The number of carbonyl (C=O) groups is 3. The highest BCUT2D eigenvalue weighted by molar-refractivity contribution is 5.95. The quantitative estimate of drug-likeness (QED) is 0.749. The Morgan fingerprint density at radius 1 is 1.40 bits per heavy atom. The van der Waals surface area contributed by atoms with Gasteiger partial charge in [-0.25, -0.2) is 4.79 Å². The average Bonchev–Trinajstić information content (AvgIpc) is 3.16. The van der Waals surface area contributed by atoms with Gasteiger partial charge < -0.3 is 14.9 Å². The smallest absolute Gasteiger partial charge is 0.475 e. The molecular formula is C20H24F3N3O4. The summed E-state index contributed by atoms with van der Waals surface area (Å²) in [6, 6.07) is 1.85. The SMILES string of the molecule is C=CCN1CC[C@]2(CN(C(=O)c3cncc(C)c3)C[C@H]2C)C1=O.O=C(O)C(F)(F)F. The lowest BCUT2D eigenvalue weighted by Crippen LogP contribution is -2.40. The molecule has 1 aromatic rings. The maximum absolute atomic E-state index is 12.8. The molecule has 0 aromatic carbocycles. The van der Waals surface area contributed by atoms with Crippen molar-refractivity contribution >= 4 is 17.8 Å². The van der Waals surface area contributed by atoms with E-state index >= 15 is 0 Å². The summed E-state index contributed by atoms with van der Waals surface area (Å²) in [4.78, 5) is 42.2. The van der Waals surface area contributed by atoms with Crippen LogP contribution in [-0.2, 0) is 9.59 Å². The van der Waals surface area contributed by atoms with Gasteiger partial charge in [-0.2, -0.15) is 13.2 Å². The fourth-order valence-corrected chi connectivity index (χ4v) is 3.87. The minimum absolute atomic E-state index is 0.0279. The minimum Gasteiger partial charge on any atom is -0.475 e. The molecule has 7 nitrogen and oxygen atoms in total. The number of alkyl halides is 3. The van der Waals surface area contributed by atoms with Gasteiger partial charge in [0, 0.05) is 38.6 Å². The predicted molar refractivity (Wildman–Crippen MR) is 102 cm³/mol. The van der Waals surface area contributed by atoms with Crippen LogP contribution in [0.5, 0.6) is 0 Å². The fourth-order valence-electron chi connectivity index (χ4n) is 3.87. The number of carboxylic acid groups (broad SMARTS) is 1. The van der Waals surface area contributed by atoms with Crippen molar-refractivity contribution in [2.24, 2.45) is 11.3 Å². The first-order chi connectivity index (χ1) is 13.9. The average molecular weight is 427 g/mol. The van der Waals surface area contributed by atoms with Crippen LogP contribution in [0.25, 0.3) is 0 Å². The fraction of sp³-hybridized carbons (Fsp3) is 0.500. The van der Waals surface area contributed by atoms with E-state index in [4.69, 9.17) is 9.90 Å². The summed E-state index contributed by atoms with van der Waals surface area (Å²) in [6.07, 6.45) is 0.832. The van der Waals surface area contributed by atoms with Crippen molar-refractivity contribution < 1.29 is 32.7 Å². The Bertz CT molecular complexity index is 843. The van der Waals surface area contributed by atoms with E-state index in [0.29, 0.717) is 25.2 Å². The second kappa shape index (κ2) is 8.85. The Labute approximate surface area is 172 Å². The van der Waals surface area contributed by atoms with E-state index in [1.165, 1.54) is 0 Å². The van der Waals surface area contributed by atoms with Gasteiger partial charge in [-0.1, -0.05) is 13.0 Å². The molecular weight excluding hydrogens is 403 g/mol. The van der Waals surface area contributed by atoms with Crippen molar-refractivity contribution in [1.82, 2.24) is 14.8 Å². The number of carboxylic acids is 1. The van der Waals surface area contributed by atoms with Crippen LogP contribution in [0.1, 0.15) is 29.3 Å². The first-order valence-corrected chi connectivity index (χ1v) is 9.33. The highest BCUT2D eigenvalue weighted by Crippen LogP contribution is 2.44. The van der Waals surface area contributed by atoms with E-state index in [2.05, 4.69) is 18.5 Å². The lowest BCUT2D eigenvalue weighted by Gasteiger charge is -2.26. The zero-order valence-electron chi connectivity index (χ0n) is 16.8. The number of nitrogens with zero attached hydrogens (tertiary/aromatic N) is 3. The Morgan fingerprint density at radius 2 is 2.03 bits per heavy atom. The lowest BCUT2D eigenvalue weighted by molar-refractivity contribution is -0.192. The van der Waals surface area contributed by atoms with E-state index in [9.17, 15) is 22.8 Å². The van der Waals surface area contributed by atoms with Crippen molar-refractivity contribution in [1.29, 1.82) is 0 Å². The van der Waals surface area contributed by atoms with Crippen LogP contribution >= 0.6 is 0 Å². The number of rotatable bonds is 3. The lowest BCUT2D eigenvalue weighted by atomic mass is 9.78. The minimum atomic E-state index is -5.08. The molecule has 0 bridgehead atoms. The van der Waals surface area contributed by atoms with Gasteiger partial charge in [0.1, 0.15) is 0 Å². The third-order valence-corrected chi connectivity index (χ3v) is 5.45. The molecule has 1 aromatic heterocycles. The summed E-state index contributed by atoms with van der Waals surface area (Å²) in [7, 11) is 0. The summed E-state index contributed by atoms with van der Waals surface area (Å²) in [5.74, 6) is -2.44. The molecule has 2 aliphatic rings. The topological polar surface area (TPSA) is 90.8 Å². The number of likely N-dealkylation sites (tertiary alicyclic amines) is 2. The molecule has 0 unspecified atom stereocenters. The molecule has 10 heteroatoms. The standard InChI is InChI=1S/C18H23N3O2.C2HF3O2/c1-4-6-20-7-5-18(17(20)23)12-21(11-14(18)3)16(22)15-8-13(2)9-19-10-15;3-2(4,5)1(6)7/h4,8-10,14H,1,5-7,11-12H2,2-3H3;(H,6,7)/t14-,18-;/m1./s1. The monoisotopic (exact) mass is 427 g/mol. The van der Waals surface area contributed by atoms with Gasteiger partial charge >= 0.3 is 12.1 Å². The third kappa shape index (κ3) is 4.80. The van der Waals surface area contributed by atoms with Crippen molar-refractivity contribution in [3.8, 4) is 0 Å². The zero-order chi connectivity index (χ0) is 22.7. The Morgan fingerprint density at radius 3 is 2.57 bits per heavy atom. The number of aromatic nitrogens is 1. The molecule has 3 heterocycles. The van der Waals surface area contributed by atoms with Crippen LogP contribution in [0.2, 0.25) is 0 Å². The third-order valence-electron chi connectivity index (χ3n) is 5.45. The number of pyridine rings is 1. The number of amides is 2. The number of hydrogen-bond donors (Lipinski definition) is 1. The Kier molecular flexibility index (Phi) is 6.89. The molecule has 2 saturated heterocycles. The van der Waals surface area contributed by atoms with Gasteiger partial charge in [0.25, 0.3) is 5.91 Å².